The third-order valence-corrected chi connectivity index (χ3v) is 4.84. The predicted molar refractivity (Wildman–Crippen MR) is 116 cm³/mol. The standard InChI is InChI=1S/C22H28N4O4/c1-13(27)23-9-11-25-17-7-8-18(26-12-10-24-14(2)28)20-19(17)21(29)15-5-3-4-6-16(15)22(20)30/h3-8,13-14,23-28H,9-12H2,1-2H3. The van der Waals surface area contributed by atoms with E-state index < -0.39 is 12.5 Å². The highest BCUT2D eigenvalue weighted by molar-refractivity contribution is 6.31. The lowest BCUT2D eigenvalue weighted by atomic mass is 9.82. The van der Waals surface area contributed by atoms with Gasteiger partial charge in [-0.3, -0.25) is 20.2 Å². The number of ketones is 2. The number of hydrogen-bond acceptors (Lipinski definition) is 8. The highest BCUT2D eigenvalue weighted by Gasteiger charge is 2.33. The molecule has 8 heteroatoms. The SMILES string of the molecule is CC(O)NCCNc1ccc(NCCNC(C)O)c2c1C(=O)c1ccccc1C2=O. The van der Waals surface area contributed by atoms with Crippen molar-refractivity contribution in [3.05, 3.63) is 58.7 Å². The number of carbonyl (C=O) groups excluding carboxylic acids is 2. The van der Waals surface area contributed by atoms with Crippen LogP contribution in [-0.4, -0.2) is 60.4 Å². The van der Waals surface area contributed by atoms with Crippen LogP contribution in [0.15, 0.2) is 36.4 Å². The number of benzene rings is 2. The Hall–Kier alpha value is -2.78. The van der Waals surface area contributed by atoms with Gasteiger partial charge in [0.2, 0.25) is 0 Å². The number of hydrogen-bond donors (Lipinski definition) is 6. The van der Waals surface area contributed by atoms with Gasteiger partial charge in [0.1, 0.15) is 12.5 Å². The number of fused-ring (bicyclic) bond motifs is 2. The summed E-state index contributed by atoms with van der Waals surface area (Å²) >= 11 is 0. The molecule has 30 heavy (non-hydrogen) atoms. The average Bonchev–Trinajstić information content (AvgIpc) is 2.72. The van der Waals surface area contributed by atoms with Gasteiger partial charge < -0.3 is 20.8 Å². The Bertz CT molecular complexity index is 853. The van der Waals surface area contributed by atoms with Crippen molar-refractivity contribution in [3.8, 4) is 0 Å². The molecule has 0 fully saturated rings. The molecule has 2 aromatic rings. The summed E-state index contributed by atoms with van der Waals surface area (Å²) in [6.45, 7) is 5.21. The van der Waals surface area contributed by atoms with E-state index in [-0.39, 0.29) is 11.6 Å². The van der Waals surface area contributed by atoms with E-state index in [0.29, 0.717) is 59.8 Å². The minimum atomic E-state index is -0.627. The van der Waals surface area contributed by atoms with E-state index in [1.54, 1.807) is 50.2 Å². The van der Waals surface area contributed by atoms with Gasteiger partial charge in [-0.05, 0) is 26.0 Å². The first kappa shape index (κ1) is 21.9. The van der Waals surface area contributed by atoms with Crippen molar-refractivity contribution in [1.82, 2.24) is 10.6 Å². The zero-order valence-electron chi connectivity index (χ0n) is 17.2. The second-order valence-electron chi connectivity index (χ2n) is 7.23. The fraction of sp³-hybridized carbons (Fsp3) is 0.364. The van der Waals surface area contributed by atoms with Crippen molar-refractivity contribution >= 4 is 22.9 Å². The van der Waals surface area contributed by atoms with Gasteiger partial charge in [-0.2, -0.15) is 0 Å². The van der Waals surface area contributed by atoms with Crippen LogP contribution in [0.1, 0.15) is 45.7 Å². The van der Waals surface area contributed by atoms with Gasteiger partial charge in [0.05, 0.1) is 11.1 Å². The molecule has 0 spiro atoms. The highest BCUT2D eigenvalue weighted by atomic mass is 16.3. The van der Waals surface area contributed by atoms with Crippen LogP contribution in [0.3, 0.4) is 0 Å². The van der Waals surface area contributed by atoms with Crippen molar-refractivity contribution in [3.63, 3.8) is 0 Å². The molecule has 8 nitrogen and oxygen atoms in total. The summed E-state index contributed by atoms with van der Waals surface area (Å²) in [6, 6.07) is 10.4. The first-order valence-electron chi connectivity index (χ1n) is 10.1. The third kappa shape index (κ3) is 4.85. The molecule has 2 atom stereocenters. The van der Waals surface area contributed by atoms with Crippen LogP contribution < -0.4 is 21.3 Å². The quantitative estimate of drug-likeness (QED) is 0.217. The second kappa shape index (κ2) is 9.82. The molecule has 3 rings (SSSR count). The lowest BCUT2D eigenvalue weighted by Crippen LogP contribution is -2.32. The number of carbonyl (C=O) groups is 2. The van der Waals surface area contributed by atoms with Gasteiger partial charge >= 0.3 is 0 Å². The second-order valence-corrected chi connectivity index (χ2v) is 7.23. The Balaban J connectivity index is 1.92. The Morgan fingerprint density at radius 1 is 0.700 bits per heavy atom. The van der Waals surface area contributed by atoms with Gasteiger partial charge in [-0.15, -0.1) is 0 Å². The van der Waals surface area contributed by atoms with Gasteiger partial charge in [0.25, 0.3) is 0 Å². The Labute approximate surface area is 175 Å². The number of nitrogens with one attached hydrogen (secondary N) is 4. The summed E-state index contributed by atoms with van der Waals surface area (Å²) < 4.78 is 0. The van der Waals surface area contributed by atoms with Crippen LogP contribution in [0, 0.1) is 0 Å². The molecule has 0 heterocycles. The van der Waals surface area contributed by atoms with Crippen molar-refractivity contribution < 1.29 is 19.8 Å². The van der Waals surface area contributed by atoms with Crippen LogP contribution in [0.5, 0.6) is 0 Å². The van der Waals surface area contributed by atoms with E-state index in [0.717, 1.165) is 0 Å². The van der Waals surface area contributed by atoms with E-state index in [1.807, 2.05) is 0 Å². The van der Waals surface area contributed by atoms with Crippen LogP contribution in [0.4, 0.5) is 11.4 Å². The van der Waals surface area contributed by atoms with Crippen LogP contribution in [0.25, 0.3) is 0 Å². The Morgan fingerprint density at radius 2 is 1.10 bits per heavy atom. The summed E-state index contributed by atoms with van der Waals surface area (Å²) in [6.07, 6.45) is -1.25. The molecular formula is C22H28N4O4. The number of rotatable bonds is 10. The minimum absolute atomic E-state index is 0.197. The molecule has 0 saturated heterocycles. The molecule has 0 aliphatic heterocycles. The number of anilines is 2. The molecule has 2 unspecified atom stereocenters. The summed E-state index contributed by atoms with van der Waals surface area (Å²) in [7, 11) is 0. The first-order chi connectivity index (χ1) is 14.4. The van der Waals surface area contributed by atoms with Gasteiger partial charge in [-0.25, -0.2) is 0 Å². The van der Waals surface area contributed by atoms with Gasteiger partial charge in [0, 0.05) is 48.7 Å². The van der Waals surface area contributed by atoms with Crippen molar-refractivity contribution in [1.29, 1.82) is 0 Å². The van der Waals surface area contributed by atoms with Crippen molar-refractivity contribution in [2.24, 2.45) is 0 Å². The van der Waals surface area contributed by atoms with E-state index in [1.165, 1.54) is 0 Å². The van der Waals surface area contributed by atoms with Gasteiger partial charge in [-0.1, -0.05) is 24.3 Å². The molecule has 0 bridgehead atoms. The Kier molecular flexibility index (Phi) is 7.17. The molecule has 2 aromatic carbocycles. The Morgan fingerprint density at radius 3 is 1.47 bits per heavy atom. The maximum Gasteiger partial charge on any atom is 0.196 e. The molecule has 1 aliphatic rings. The predicted octanol–water partition coefficient (Wildman–Crippen LogP) is 1.14. The van der Waals surface area contributed by atoms with Crippen LogP contribution in [0.2, 0.25) is 0 Å². The molecule has 160 valence electrons. The molecule has 0 aromatic heterocycles. The molecule has 6 N–H and O–H groups in total. The molecule has 0 radical (unpaired) electrons. The zero-order chi connectivity index (χ0) is 21.7. The molecule has 0 saturated carbocycles. The van der Waals surface area contributed by atoms with Gasteiger partial charge in [0.15, 0.2) is 11.6 Å². The van der Waals surface area contributed by atoms with Crippen LogP contribution >= 0.6 is 0 Å². The third-order valence-electron chi connectivity index (χ3n) is 4.84. The maximum atomic E-state index is 13.3. The lowest BCUT2D eigenvalue weighted by molar-refractivity contribution is 0.0980. The highest BCUT2D eigenvalue weighted by Crippen LogP contribution is 2.36. The molecule has 0 amide bonds. The fourth-order valence-corrected chi connectivity index (χ4v) is 3.47. The average molecular weight is 412 g/mol. The fourth-order valence-electron chi connectivity index (χ4n) is 3.47. The summed E-state index contributed by atoms with van der Waals surface area (Å²) in [5.41, 5.74) is 2.66. The smallest absolute Gasteiger partial charge is 0.196 e. The van der Waals surface area contributed by atoms with E-state index in [9.17, 15) is 19.8 Å². The minimum Gasteiger partial charge on any atom is -0.383 e. The maximum absolute atomic E-state index is 13.3. The normalized spacial score (nSPS) is 14.7. The lowest BCUT2D eigenvalue weighted by Gasteiger charge is -2.24. The van der Waals surface area contributed by atoms with Crippen molar-refractivity contribution in [2.45, 2.75) is 26.3 Å². The number of aliphatic hydroxyl groups is 2. The molecular weight excluding hydrogens is 384 g/mol. The molecule has 1 aliphatic carbocycles. The first-order valence-corrected chi connectivity index (χ1v) is 10.1. The largest absolute Gasteiger partial charge is 0.383 e. The van der Waals surface area contributed by atoms with E-state index >= 15 is 0 Å². The zero-order valence-corrected chi connectivity index (χ0v) is 17.2. The summed E-state index contributed by atoms with van der Waals surface area (Å²) in [5.74, 6) is -0.395. The summed E-state index contributed by atoms with van der Waals surface area (Å²) in [4.78, 5) is 26.5. The summed E-state index contributed by atoms with van der Waals surface area (Å²) in [5, 5.41) is 30.8. The van der Waals surface area contributed by atoms with E-state index in [2.05, 4.69) is 21.3 Å². The topological polar surface area (TPSA) is 123 Å². The van der Waals surface area contributed by atoms with Crippen LogP contribution in [-0.2, 0) is 0 Å². The monoisotopic (exact) mass is 412 g/mol. The van der Waals surface area contributed by atoms with Crippen molar-refractivity contribution in [2.75, 3.05) is 36.8 Å². The van der Waals surface area contributed by atoms with E-state index in [4.69, 9.17) is 0 Å². The number of aliphatic hydroxyl groups excluding tert-OH is 2.